The molecule has 0 aromatic heterocycles. The highest BCUT2D eigenvalue weighted by Gasteiger charge is 2.27. The topological polar surface area (TPSA) is 33.3 Å². The smallest absolute Gasteiger partial charge is 0.0645 e. The molecule has 14 heavy (non-hydrogen) atoms. The van der Waals surface area contributed by atoms with Crippen molar-refractivity contribution >= 4 is 0 Å². The zero-order valence-corrected chi connectivity index (χ0v) is 9.14. The van der Waals surface area contributed by atoms with Gasteiger partial charge in [0, 0.05) is 12.1 Å². The molecule has 2 heterocycles. The molecule has 2 fully saturated rings. The van der Waals surface area contributed by atoms with Crippen LogP contribution >= 0.6 is 0 Å². The fraction of sp³-hybridized carbons (Fsp3) is 1.00. The number of nitrogens with one attached hydrogen (secondary N) is 2. The van der Waals surface area contributed by atoms with Crippen LogP contribution in [0.4, 0.5) is 0 Å². The molecule has 2 N–H and O–H groups in total. The van der Waals surface area contributed by atoms with Crippen LogP contribution in [0.2, 0.25) is 0 Å². The SMILES string of the molecule is CC1(NCCC2CNC2)CCCOC1. The molecule has 0 amide bonds. The van der Waals surface area contributed by atoms with E-state index in [4.69, 9.17) is 4.74 Å². The lowest BCUT2D eigenvalue weighted by Crippen LogP contribution is -2.51. The van der Waals surface area contributed by atoms with Gasteiger partial charge < -0.3 is 15.4 Å². The van der Waals surface area contributed by atoms with Crippen LogP contribution in [0, 0.1) is 5.92 Å². The zero-order chi connectivity index (χ0) is 9.86. The molecular formula is C11H22N2O. The molecule has 1 atom stereocenters. The van der Waals surface area contributed by atoms with Crippen LogP contribution < -0.4 is 10.6 Å². The summed E-state index contributed by atoms with van der Waals surface area (Å²) in [7, 11) is 0. The molecule has 2 aliphatic heterocycles. The predicted octanol–water partition coefficient (Wildman–Crippen LogP) is 0.755. The fourth-order valence-corrected chi connectivity index (χ4v) is 2.20. The normalized spacial score (nSPS) is 34.1. The highest BCUT2D eigenvalue weighted by molar-refractivity contribution is 4.86. The van der Waals surface area contributed by atoms with E-state index in [1.54, 1.807) is 0 Å². The van der Waals surface area contributed by atoms with Crippen molar-refractivity contribution in [3.05, 3.63) is 0 Å². The standard InChI is InChI=1S/C11H22N2O/c1-11(4-2-6-14-9-11)13-5-3-10-7-12-8-10/h10,12-13H,2-9H2,1H3. The molecule has 0 spiro atoms. The molecular weight excluding hydrogens is 176 g/mol. The minimum atomic E-state index is 0.245. The van der Waals surface area contributed by atoms with Crippen molar-refractivity contribution in [2.45, 2.75) is 31.7 Å². The molecule has 3 nitrogen and oxygen atoms in total. The van der Waals surface area contributed by atoms with Gasteiger partial charge in [-0.05, 0) is 51.7 Å². The molecule has 3 heteroatoms. The molecule has 2 aliphatic rings. The summed E-state index contributed by atoms with van der Waals surface area (Å²) in [5, 5.41) is 6.95. The van der Waals surface area contributed by atoms with Crippen LogP contribution in [0.5, 0.6) is 0 Å². The van der Waals surface area contributed by atoms with Gasteiger partial charge in [0.15, 0.2) is 0 Å². The van der Waals surface area contributed by atoms with E-state index >= 15 is 0 Å². The summed E-state index contributed by atoms with van der Waals surface area (Å²) >= 11 is 0. The van der Waals surface area contributed by atoms with Gasteiger partial charge in [0.25, 0.3) is 0 Å². The Balaban J connectivity index is 1.62. The lowest BCUT2D eigenvalue weighted by molar-refractivity contribution is 0.0278. The van der Waals surface area contributed by atoms with Gasteiger partial charge in [-0.25, -0.2) is 0 Å². The summed E-state index contributed by atoms with van der Waals surface area (Å²) in [6.07, 6.45) is 3.77. The Morgan fingerprint density at radius 1 is 1.50 bits per heavy atom. The summed E-state index contributed by atoms with van der Waals surface area (Å²) in [5.74, 6) is 0.913. The first kappa shape index (κ1) is 10.4. The molecule has 2 rings (SSSR count). The number of hydrogen-bond acceptors (Lipinski definition) is 3. The highest BCUT2D eigenvalue weighted by Crippen LogP contribution is 2.18. The van der Waals surface area contributed by atoms with Gasteiger partial charge in [-0.15, -0.1) is 0 Å². The largest absolute Gasteiger partial charge is 0.380 e. The van der Waals surface area contributed by atoms with E-state index in [9.17, 15) is 0 Å². The van der Waals surface area contributed by atoms with Crippen LogP contribution in [0.1, 0.15) is 26.2 Å². The van der Waals surface area contributed by atoms with Gasteiger partial charge >= 0.3 is 0 Å². The molecule has 0 aliphatic carbocycles. The Bertz CT molecular complexity index is 174. The summed E-state index contributed by atoms with van der Waals surface area (Å²) in [6, 6.07) is 0. The maximum absolute atomic E-state index is 5.51. The molecule has 0 aromatic carbocycles. The second-order valence-electron chi connectivity index (χ2n) is 4.96. The van der Waals surface area contributed by atoms with Crippen molar-refractivity contribution in [3.63, 3.8) is 0 Å². The van der Waals surface area contributed by atoms with Crippen molar-refractivity contribution in [3.8, 4) is 0 Å². The Kier molecular flexibility index (Phi) is 3.42. The van der Waals surface area contributed by atoms with Gasteiger partial charge in [-0.3, -0.25) is 0 Å². The van der Waals surface area contributed by atoms with Gasteiger partial charge in [0.2, 0.25) is 0 Å². The Morgan fingerprint density at radius 2 is 2.36 bits per heavy atom. The quantitative estimate of drug-likeness (QED) is 0.699. The van der Waals surface area contributed by atoms with Crippen molar-refractivity contribution in [2.24, 2.45) is 5.92 Å². The Labute approximate surface area is 86.6 Å². The van der Waals surface area contributed by atoms with E-state index in [1.165, 1.54) is 32.4 Å². The van der Waals surface area contributed by atoms with Crippen LogP contribution in [0.25, 0.3) is 0 Å². The number of rotatable bonds is 4. The van der Waals surface area contributed by atoms with Crippen LogP contribution in [0.3, 0.4) is 0 Å². The summed E-state index contributed by atoms with van der Waals surface area (Å²) in [6.45, 7) is 7.70. The average Bonchev–Trinajstić information content (AvgIpc) is 2.11. The first-order valence-electron chi connectivity index (χ1n) is 5.82. The summed E-state index contributed by atoms with van der Waals surface area (Å²) < 4.78 is 5.51. The van der Waals surface area contributed by atoms with E-state index in [-0.39, 0.29) is 5.54 Å². The minimum Gasteiger partial charge on any atom is -0.380 e. The van der Waals surface area contributed by atoms with Crippen molar-refractivity contribution < 1.29 is 4.74 Å². The minimum absolute atomic E-state index is 0.245. The van der Waals surface area contributed by atoms with Gasteiger partial charge in [-0.2, -0.15) is 0 Å². The third-order valence-corrected chi connectivity index (χ3v) is 3.41. The van der Waals surface area contributed by atoms with Crippen LogP contribution in [0.15, 0.2) is 0 Å². The highest BCUT2D eigenvalue weighted by atomic mass is 16.5. The number of ether oxygens (including phenoxy) is 1. The maximum Gasteiger partial charge on any atom is 0.0645 e. The Morgan fingerprint density at radius 3 is 2.93 bits per heavy atom. The van der Waals surface area contributed by atoms with Crippen molar-refractivity contribution in [2.75, 3.05) is 32.8 Å². The van der Waals surface area contributed by atoms with Crippen molar-refractivity contribution in [1.82, 2.24) is 10.6 Å². The Hall–Kier alpha value is -0.120. The fourth-order valence-electron chi connectivity index (χ4n) is 2.20. The summed E-state index contributed by atoms with van der Waals surface area (Å²) in [4.78, 5) is 0. The molecule has 0 bridgehead atoms. The number of hydrogen-bond donors (Lipinski definition) is 2. The van der Waals surface area contributed by atoms with Crippen LogP contribution in [-0.2, 0) is 4.74 Å². The van der Waals surface area contributed by atoms with Gasteiger partial charge in [0.1, 0.15) is 0 Å². The van der Waals surface area contributed by atoms with Gasteiger partial charge in [-0.1, -0.05) is 0 Å². The average molecular weight is 198 g/mol. The lowest BCUT2D eigenvalue weighted by atomic mass is 9.93. The molecule has 1 unspecified atom stereocenters. The first-order chi connectivity index (χ1) is 6.79. The second kappa shape index (κ2) is 4.60. The third kappa shape index (κ3) is 2.69. The second-order valence-corrected chi connectivity index (χ2v) is 4.96. The molecule has 82 valence electrons. The molecule has 0 radical (unpaired) electrons. The molecule has 0 aromatic rings. The van der Waals surface area contributed by atoms with E-state index in [0.29, 0.717) is 0 Å². The van der Waals surface area contributed by atoms with E-state index in [1.807, 2.05) is 0 Å². The zero-order valence-electron chi connectivity index (χ0n) is 9.14. The van der Waals surface area contributed by atoms with Gasteiger partial charge in [0.05, 0.1) is 6.61 Å². The first-order valence-corrected chi connectivity index (χ1v) is 5.82. The summed E-state index contributed by atoms with van der Waals surface area (Å²) in [5.41, 5.74) is 0.245. The van der Waals surface area contributed by atoms with Crippen molar-refractivity contribution in [1.29, 1.82) is 0 Å². The van der Waals surface area contributed by atoms with E-state index in [0.717, 1.165) is 25.7 Å². The third-order valence-electron chi connectivity index (χ3n) is 3.41. The monoisotopic (exact) mass is 198 g/mol. The van der Waals surface area contributed by atoms with E-state index < -0.39 is 0 Å². The van der Waals surface area contributed by atoms with Crippen LogP contribution in [-0.4, -0.2) is 38.4 Å². The lowest BCUT2D eigenvalue weighted by Gasteiger charge is -2.36. The predicted molar refractivity (Wildman–Crippen MR) is 57.4 cm³/mol. The molecule has 2 saturated heterocycles. The van der Waals surface area contributed by atoms with E-state index in [2.05, 4.69) is 17.6 Å². The molecule has 0 saturated carbocycles. The maximum atomic E-state index is 5.51.